The lowest BCUT2D eigenvalue weighted by Gasteiger charge is -2.44. The van der Waals surface area contributed by atoms with Crippen molar-refractivity contribution < 1.29 is 9.53 Å². The van der Waals surface area contributed by atoms with E-state index < -0.39 is 0 Å². The van der Waals surface area contributed by atoms with Gasteiger partial charge in [-0.1, -0.05) is 12.1 Å². The number of rotatable bonds is 4. The second-order valence-corrected chi connectivity index (χ2v) is 6.81. The first kappa shape index (κ1) is 16.0. The van der Waals surface area contributed by atoms with Crippen LogP contribution in [0.3, 0.4) is 0 Å². The van der Waals surface area contributed by atoms with Gasteiger partial charge < -0.3 is 10.1 Å². The zero-order chi connectivity index (χ0) is 17.2. The molecule has 1 N–H and O–H groups in total. The standard InChI is InChI=1S/C19H22N4O2/c1-13(24)20-16-4-2-14(3-5-16)17-6-7-19(22-21-17)25-18-12-23-10-8-15(18)9-11-23/h2-7,15,18H,8-12H2,1H3,(H,20,24)/t18-/m0/s1. The van der Waals surface area contributed by atoms with Crippen LogP contribution in [0.25, 0.3) is 11.3 Å². The van der Waals surface area contributed by atoms with Gasteiger partial charge in [0.15, 0.2) is 0 Å². The Bertz CT molecular complexity index is 737. The maximum absolute atomic E-state index is 11.1. The molecular formula is C19H22N4O2. The lowest BCUT2D eigenvalue weighted by Crippen LogP contribution is -2.52. The average Bonchev–Trinajstić information content (AvgIpc) is 2.64. The topological polar surface area (TPSA) is 67.3 Å². The van der Waals surface area contributed by atoms with Crippen LogP contribution < -0.4 is 10.1 Å². The summed E-state index contributed by atoms with van der Waals surface area (Å²) < 4.78 is 6.08. The number of nitrogens with zero attached hydrogens (tertiary/aromatic N) is 3. The number of benzene rings is 1. The van der Waals surface area contributed by atoms with E-state index in [-0.39, 0.29) is 12.0 Å². The molecule has 25 heavy (non-hydrogen) atoms. The first-order valence-corrected chi connectivity index (χ1v) is 8.78. The molecule has 1 aromatic carbocycles. The summed E-state index contributed by atoms with van der Waals surface area (Å²) in [5.74, 6) is 1.16. The third-order valence-corrected chi connectivity index (χ3v) is 5.01. The van der Waals surface area contributed by atoms with E-state index in [2.05, 4.69) is 20.4 Å². The van der Waals surface area contributed by atoms with Crippen molar-refractivity contribution >= 4 is 11.6 Å². The van der Waals surface area contributed by atoms with Gasteiger partial charge in [0.2, 0.25) is 11.8 Å². The van der Waals surface area contributed by atoms with Crippen LogP contribution in [-0.2, 0) is 4.79 Å². The number of hydrogen-bond donors (Lipinski definition) is 1. The van der Waals surface area contributed by atoms with E-state index >= 15 is 0 Å². The summed E-state index contributed by atoms with van der Waals surface area (Å²) in [5.41, 5.74) is 2.51. The van der Waals surface area contributed by atoms with Crippen molar-refractivity contribution in [2.45, 2.75) is 25.9 Å². The molecule has 0 unspecified atom stereocenters. The largest absolute Gasteiger partial charge is 0.472 e. The van der Waals surface area contributed by atoms with Gasteiger partial charge in [-0.05, 0) is 50.0 Å². The van der Waals surface area contributed by atoms with E-state index in [1.54, 1.807) is 0 Å². The third kappa shape index (κ3) is 3.64. The molecule has 3 aliphatic heterocycles. The van der Waals surface area contributed by atoms with Gasteiger partial charge in [0.05, 0.1) is 5.69 Å². The zero-order valence-electron chi connectivity index (χ0n) is 14.3. The molecule has 6 heteroatoms. The van der Waals surface area contributed by atoms with Crippen LogP contribution in [0.2, 0.25) is 0 Å². The normalized spacial score (nSPS) is 24.8. The monoisotopic (exact) mass is 338 g/mol. The van der Waals surface area contributed by atoms with Gasteiger partial charge in [0.1, 0.15) is 6.10 Å². The number of anilines is 1. The van der Waals surface area contributed by atoms with Gasteiger partial charge >= 0.3 is 0 Å². The Balaban J connectivity index is 1.42. The summed E-state index contributed by atoms with van der Waals surface area (Å²) >= 11 is 0. The molecule has 0 saturated carbocycles. The fourth-order valence-corrected chi connectivity index (χ4v) is 3.66. The molecule has 0 spiro atoms. The Kier molecular flexibility index (Phi) is 4.36. The van der Waals surface area contributed by atoms with Crippen molar-refractivity contribution in [3.63, 3.8) is 0 Å². The van der Waals surface area contributed by atoms with Gasteiger partial charge in [-0.3, -0.25) is 9.69 Å². The number of carbonyl (C=O) groups excluding carboxylic acids is 1. The fraction of sp³-hybridized carbons (Fsp3) is 0.421. The number of fused-ring (bicyclic) bond motifs is 3. The Morgan fingerprint density at radius 2 is 1.88 bits per heavy atom. The fourth-order valence-electron chi connectivity index (χ4n) is 3.66. The molecule has 3 aliphatic rings. The second-order valence-electron chi connectivity index (χ2n) is 6.81. The quantitative estimate of drug-likeness (QED) is 0.928. The molecule has 6 nitrogen and oxygen atoms in total. The first-order chi connectivity index (χ1) is 12.2. The van der Waals surface area contributed by atoms with Crippen molar-refractivity contribution in [2.24, 2.45) is 5.92 Å². The number of ether oxygens (including phenoxy) is 1. The molecule has 4 heterocycles. The minimum Gasteiger partial charge on any atom is -0.472 e. The highest BCUT2D eigenvalue weighted by Gasteiger charge is 2.35. The van der Waals surface area contributed by atoms with Crippen LogP contribution >= 0.6 is 0 Å². The highest BCUT2D eigenvalue weighted by Crippen LogP contribution is 2.30. The highest BCUT2D eigenvalue weighted by atomic mass is 16.5. The van der Waals surface area contributed by atoms with Crippen LogP contribution in [0.5, 0.6) is 5.88 Å². The summed E-state index contributed by atoms with van der Waals surface area (Å²) in [6.45, 7) is 4.89. The number of hydrogen-bond acceptors (Lipinski definition) is 5. The molecule has 2 aromatic rings. The van der Waals surface area contributed by atoms with E-state index in [9.17, 15) is 4.79 Å². The third-order valence-electron chi connectivity index (χ3n) is 5.01. The number of piperidine rings is 3. The van der Waals surface area contributed by atoms with Gasteiger partial charge in [-0.15, -0.1) is 10.2 Å². The summed E-state index contributed by atoms with van der Waals surface area (Å²) in [5, 5.41) is 11.3. The van der Waals surface area contributed by atoms with Gasteiger partial charge in [-0.2, -0.15) is 0 Å². The maximum Gasteiger partial charge on any atom is 0.233 e. The zero-order valence-corrected chi connectivity index (χ0v) is 14.3. The van der Waals surface area contributed by atoms with Crippen LogP contribution in [0, 0.1) is 5.92 Å². The molecule has 3 fully saturated rings. The molecule has 130 valence electrons. The Hall–Kier alpha value is -2.47. The molecule has 2 bridgehead atoms. The summed E-state index contributed by atoms with van der Waals surface area (Å²) in [6.07, 6.45) is 2.67. The first-order valence-electron chi connectivity index (χ1n) is 8.78. The van der Waals surface area contributed by atoms with Crippen molar-refractivity contribution in [3.05, 3.63) is 36.4 Å². The number of carbonyl (C=O) groups is 1. The van der Waals surface area contributed by atoms with Crippen LogP contribution in [-0.4, -0.2) is 46.7 Å². The number of aromatic nitrogens is 2. The minimum atomic E-state index is -0.0817. The minimum absolute atomic E-state index is 0.0817. The summed E-state index contributed by atoms with van der Waals surface area (Å²) in [6, 6.07) is 11.4. The van der Waals surface area contributed by atoms with Gasteiger partial charge in [0.25, 0.3) is 0 Å². The van der Waals surface area contributed by atoms with Crippen molar-refractivity contribution in [1.82, 2.24) is 15.1 Å². The second kappa shape index (κ2) is 6.80. The predicted molar refractivity (Wildman–Crippen MR) is 95.4 cm³/mol. The van der Waals surface area contributed by atoms with E-state index in [4.69, 9.17) is 4.74 Å². The molecular weight excluding hydrogens is 316 g/mol. The van der Waals surface area contributed by atoms with E-state index in [1.165, 1.54) is 32.9 Å². The predicted octanol–water partition coefficient (Wildman–Crippen LogP) is 2.58. The van der Waals surface area contributed by atoms with Crippen LogP contribution in [0.15, 0.2) is 36.4 Å². The highest BCUT2D eigenvalue weighted by molar-refractivity contribution is 5.88. The van der Waals surface area contributed by atoms with Crippen molar-refractivity contribution in [3.8, 4) is 17.1 Å². The molecule has 5 rings (SSSR count). The van der Waals surface area contributed by atoms with Gasteiger partial charge in [-0.25, -0.2) is 0 Å². The molecule has 1 atom stereocenters. The smallest absolute Gasteiger partial charge is 0.233 e. The van der Waals surface area contributed by atoms with E-state index in [0.29, 0.717) is 11.8 Å². The Morgan fingerprint density at radius 3 is 2.44 bits per heavy atom. The summed E-state index contributed by atoms with van der Waals surface area (Å²) in [7, 11) is 0. The number of amides is 1. The molecule has 3 saturated heterocycles. The SMILES string of the molecule is CC(=O)Nc1ccc(-c2ccc(O[C@H]3CN4CCC3CC4)nn2)cc1. The summed E-state index contributed by atoms with van der Waals surface area (Å²) in [4.78, 5) is 13.5. The van der Waals surface area contributed by atoms with E-state index in [0.717, 1.165) is 23.5 Å². The Labute approximate surface area is 147 Å². The van der Waals surface area contributed by atoms with Crippen LogP contribution in [0.4, 0.5) is 5.69 Å². The van der Waals surface area contributed by atoms with Gasteiger partial charge in [0, 0.05) is 30.8 Å². The van der Waals surface area contributed by atoms with Crippen molar-refractivity contribution in [1.29, 1.82) is 0 Å². The molecule has 0 radical (unpaired) electrons. The lowest BCUT2D eigenvalue weighted by atomic mass is 9.86. The van der Waals surface area contributed by atoms with Crippen LogP contribution in [0.1, 0.15) is 19.8 Å². The Morgan fingerprint density at radius 1 is 1.12 bits per heavy atom. The maximum atomic E-state index is 11.1. The average molecular weight is 338 g/mol. The lowest BCUT2D eigenvalue weighted by molar-refractivity contribution is -0.114. The van der Waals surface area contributed by atoms with E-state index in [1.807, 2.05) is 36.4 Å². The number of nitrogens with one attached hydrogen (secondary N) is 1. The molecule has 0 aliphatic carbocycles. The van der Waals surface area contributed by atoms with Crippen molar-refractivity contribution in [2.75, 3.05) is 25.0 Å². The molecule has 1 amide bonds. The molecule has 1 aromatic heterocycles.